The number of thioether (sulfide) groups is 1. The van der Waals surface area contributed by atoms with Crippen LogP contribution in [0.25, 0.3) is 11.6 Å². The van der Waals surface area contributed by atoms with E-state index in [1.807, 2.05) is 12.1 Å². The Bertz CT molecular complexity index is 881. The molecular weight excluding hydrogens is 340 g/mol. The summed E-state index contributed by atoms with van der Waals surface area (Å²) in [5.41, 5.74) is 0. The molecule has 2 aliphatic heterocycles. The summed E-state index contributed by atoms with van der Waals surface area (Å²) in [6.07, 6.45) is 5.52. The molecule has 0 N–H and O–H groups in total. The van der Waals surface area contributed by atoms with Gasteiger partial charge in [0.25, 0.3) is 5.91 Å². The van der Waals surface area contributed by atoms with Gasteiger partial charge >= 0.3 is 0 Å². The first kappa shape index (κ1) is 15.0. The van der Waals surface area contributed by atoms with E-state index in [0.717, 1.165) is 31.7 Å². The Morgan fingerprint density at radius 1 is 1.16 bits per heavy atom. The van der Waals surface area contributed by atoms with Crippen molar-refractivity contribution in [1.82, 2.24) is 19.7 Å². The summed E-state index contributed by atoms with van der Waals surface area (Å²) in [4.78, 5) is 19.8. The SMILES string of the molecule is O=C1C(C(c2ccco2)N2CCCC2)Sc2nc(-c3ccco3)nn21. The summed E-state index contributed by atoms with van der Waals surface area (Å²) in [5.74, 6) is 1.77. The maximum absolute atomic E-state index is 13.0. The third kappa shape index (κ3) is 2.44. The first-order chi connectivity index (χ1) is 12.3. The minimum atomic E-state index is -0.301. The number of furan rings is 2. The van der Waals surface area contributed by atoms with Crippen LogP contribution in [0, 0.1) is 0 Å². The lowest BCUT2D eigenvalue weighted by Gasteiger charge is -2.28. The molecule has 0 bridgehead atoms. The molecule has 0 spiro atoms. The van der Waals surface area contributed by atoms with Gasteiger partial charge in [-0.2, -0.15) is 9.67 Å². The lowest BCUT2D eigenvalue weighted by Crippen LogP contribution is -2.37. The monoisotopic (exact) mass is 356 g/mol. The van der Waals surface area contributed by atoms with Gasteiger partial charge in [0.05, 0.1) is 18.6 Å². The average Bonchev–Trinajstić information content (AvgIpc) is 3.42. The van der Waals surface area contributed by atoms with Crippen LogP contribution in [0.4, 0.5) is 0 Å². The van der Waals surface area contributed by atoms with E-state index in [-0.39, 0.29) is 17.2 Å². The Hall–Kier alpha value is -2.32. The van der Waals surface area contributed by atoms with Crippen LogP contribution in [-0.2, 0) is 0 Å². The number of carbonyl (C=O) groups is 1. The highest BCUT2D eigenvalue weighted by molar-refractivity contribution is 8.00. The van der Waals surface area contributed by atoms with Crippen LogP contribution in [0.1, 0.15) is 29.4 Å². The van der Waals surface area contributed by atoms with Gasteiger partial charge in [0.1, 0.15) is 11.0 Å². The van der Waals surface area contributed by atoms with E-state index < -0.39 is 0 Å². The van der Waals surface area contributed by atoms with Crippen molar-refractivity contribution in [3.63, 3.8) is 0 Å². The average molecular weight is 356 g/mol. The molecule has 1 saturated heterocycles. The Balaban J connectivity index is 1.47. The minimum Gasteiger partial charge on any atom is -0.468 e. The Kier molecular flexibility index (Phi) is 3.53. The Morgan fingerprint density at radius 3 is 2.64 bits per heavy atom. The number of likely N-dealkylation sites (tertiary alicyclic amines) is 1. The van der Waals surface area contributed by atoms with Crippen LogP contribution >= 0.6 is 11.8 Å². The van der Waals surface area contributed by atoms with Crippen molar-refractivity contribution in [1.29, 1.82) is 0 Å². The van der Waals surface area contributed by atoms with Crippen molar-refractivity contribution >= 4 is 17.7 Å². The van der Waals surface area contributed by atoms with Crippen molar-refractivity contribution in [2.45, 2.75) is 29.3 Å². The van der Waals surface area contributed by atoms with Gasteiger partial charge in [-0.25, -0.2) is 0 Å². The zero-order chi connectivity index (χ0) is 16.8. The van der Waals surface area contributed by atoms with E-state index in [4.69, 9.17) is 8.83 Å². The smallest absolute Gasteiger partial charge is 0.265 e. The van der Waals surface area contributed by atoms with Crippen molar-refractivity contribution in [2.75, 3.05) is 13.1 Å². The topological polar surface area (TPSA) is 77.3 Å². The fraction of sp³-hybridized carbons (Fsp3) is 0.353. The molecule has 2 unspecified atom stereocenters. The van der Waals surface area contributed by atoms with Crippen molar-refractivity contribution < 1.29 is 13.6 Å². The van der Waals surface area contributed by atoms with Crippen LogP contribution in [0.5, 0.6) is 0 Å². The number of aromatic nitrogens is 3. The molecule has 8 heteroatoms. The van der Waals surface area contributed by atoms with Gasteiger partial charge < -0.3 is 8.83 Å². The zero-order valence-corrected chi connectivity index (χ0v) is 14.2. The largest absolute Gasteiger partial charge is 0.468 e. The molecule has 3 aromatic heterocycles. The normalized spacial score (nSPS) is 21.8. The molecule has 128 valence electrons. The van der Waals surface area contributed by atoms with Crippen molar-refractivity contribution in [3.8, 4) is 11.6 Å². The van der Waals surface area contributed by atoms with Crippen LogP contribution < -0.4 is 0 Å². The number of hydrogen-bond acceptors (Lipinski definition) is 7. The summed E-state index contributed by atoms with van der Waals surface area (Å²) in [7, 11) is 0. The number of carbonyl (C=O) groups excluding carboxylic acids is 1. The molecule has 0 amide bonds. The number of nitrogens with zero attached hydrogens (tertiary/aromatic N) is 4. The summed E-state index contributed by atoms with van der Waals surface area (Å²) in [6.45, 7) is 1.95. The van der Waals surface area contributed by atoms with Crippen LogP contribution in [-0.4, -0.2) is 43.9 Å². The molecule has 0 aromatic carbocycles. The molecule has 5 heterocycles. The maximum Gasteiger partial charge on any atom is 0.265 e. The minimum absolute atomic E-state index is 0.0568. The first-order valence-corrected chi connectivity index (χ1v) is 9.18. The molecule has 2 atom stereocenters. The highest BCUT2D eigenvalue weighted by Crippen LogP contribution is 2.42. The lowest BCUT2D eigenvalue weighted by atomic mass is 10.1. The standard InChI is InChI=1S/C17H16N4O3S/c22-16-14(13(11-5-3-9-23-11)20-7-1-2-8-20)25-17-18-15(19-21(16)17)12-6-4-10-24-12/h3-6,9-10,13-14H,1-2,7-8H2. The second-order valence-corrected chi connectivity index (χ2v) is 7.30. The summed E-state index contributed by atoms with van der Waals surface area (Å²) >= 11 is 1.45. The molecule has 0 aliphatic carbocycles. The summed E-state index contributed by atoms with van der Waals surface area (Å²) < 4.78 is 12.4. The van der Waals surface area contributed by atoms with E-state index in [1.54, 1.807) is 24.7 Å². The molecule has 1 fully saturated rings. The van der Waals surface area contributed by atoms with Gasteiger partial charge in [-0.15, -0.1) is 5.10 Å². The second-order valence-electron chi connectivity index (χ2n) is 6.19. The van der Waals surface area contributed by atoms with Crippen LogP contribution in [0.2, 0.25) is 0 Å². The zero-order valence-electron chi connectivity index (χ0n) is 13.4. The second kappa shape index (κ2) is 5.89. The first-order valence-electron chi connectivity index (χ1n) is 8.30. The van der Waals surface area contributed by atoms with E-state index in [0.29, 0.717) is 16.7 Å². The molecule has 0 radical (unpaired) electrons. The predicted octanol–water partition coefficient (Wildman–Crippen LogP) is 3.08. The van der Waals surface area contributed by atoms with Gasteiger partial charge in [-0.05, 0) is 50.2 Å². The highest BCUT2D eigenvalue weighted by Gasteiger charge is 2.44. The summed E-state index contributed by atoms with van der Waals surface area (Å²) in [6, 6.07) is 7.28. The molecule has 25 heavy (non-hydrogen) atoms. The van der Waals surface area contributed by atoms with Crippen LogP contribution in [0.3, 0.4) is 0 Å². The number of fused-ring (bicyclic) bond motifs is 1. The van der Waals surface area contributed by atoms with Crippen molar-refractivity contribution in [3.05, 3.63) is 42.6 Å². The van der Waals surface area contributed by atoms with Gasteiger partial charge in [-0.1, -0.05) is 11.8 Å². The third-order valence-corrected chi connectivity index (χ3v) is 5.85. The van der Waals surface area contributed by atoms with E-state index in [9.17, 15) is 4.79 Å². The molecule has 7 nitrogen and oxygen atoms in total. The highest BCUT2D eigenvalue weighted by atomic mass is 32.2. The number of hydrogen-bond donors (Lipinski definition) is 0. The van der Waals surface area contributed by atoms with E-state index in [2.05, 4.69) is 15.0 Å². The molecule has 0 saturated carbocycles. The van der Waals surface area contributed by atoms with Gasteiger partial charge in [0, 0.05) is 0 Å². The number of rotatable bonds is 4. The molecule has 5 rings (SSSR count). The van der Waals surface area contributed by atoms with Gasteiger partial charge in [0.15, 0.2) is 10.9 Å². The molecule has 2 aliphatic rings. The van der Waals surface area contributed by atoms with E-state index >= 15 is 0 Å². The quantitative estimate of drug-likeness (QED) is 0.711. The van der Waals surface area contributed by atoms with Crippen LogP contribution in [0.15, 0.2) is 50.8 Å². The van der Waals surface area contributed by atoms with Crippen molar-refractivity contribution in [2.24, 2.45) is 0 Å². The lowest BCUT2D eigenvalue weighted by molar-refractivity contribution is 0.0837. The fourth-order valence-corrected chi connectivity index (χ4v) is 4.74. The maximum atomic E-state index is 13.0. The third-order valence-electron chi connectivity index (χ3n) is 4.66. The predicted molar refractivity (Wildman–Crippen MR) is 90.3 cm³/mol. The Morgan fingerprint density at radius 2 is 1.96 bits per heavy atom. The fourth-order valence-electron chi connectivity index (χ4n) is 3.51. The molecule has 3 aromatic rings. The summed E-state index contributed by atoms with van der Waals surface area (Å²) in [5, 5.41) is 4.65. The van der Waals surface area contributed by atoms with Gasteiger partial charge in [-0.3, -0.25) is 9.69 Å². The van der Waals surface area contributed by atoms with Gasteiger partial charge in [0.2, 0.25) is 5.82 Å². The molecular formula is C17H16N4O3S. The Labute approximate surface area is 148 Å². The van der Waals surface area contributed by atoms with E-state index in [1.165, 1.54) is 16.4 Å².